The summed E-state index contributed by atoms with van der Waals surface area (Å²) in [6.45, 7) is 5.97. The van der Waals surface area contributed by atoms with Crippen molar-refractivity contribution in [1.82, 2.24) is 10.2 Å². The molecule has 0 saturated carbocycles. The Bertz CT molecular complexity index is 642. The minimum Gasteiger partial charge on any atom is -0.469 e. The van der Waals surface area contributed by atoms with Crippen LogP contribution in [0.2, 0.25) is 0 Å². The number of nitrogens with one attached hydrogen (secondary N) is 1. The number of hydrogen-bond acceptors (Lipinski definition) is 3. The zero-order valence-corrected chi connectivity index (χ0v) is 15.7. The lowest BCUT2D eigenvalue weighted by Crippen LogP contribution is -2.40. The summed E-state index contributed by atoms with van der Waals surface area (Å²) >= 11 is 1.96. The largest absolute Gasteiger partial charge is 0.469 e. The summed E-state index contributed by atoms with van der Waals surface area (Å²) in [5.74, 6) is 3.94. The van der Waals surface area contributed by atoms with Crippen molar-refractivity contribution in [2.75, 3.05) is 31.9 Å². The van der Waals surface area contributed by atoms with Crippen LogP contribution in [0.4, 0.5) is 0 Å². The lowest BCUT2D eigenvalue weighted by Gasteiger charge is -2.21. The van der Waals surface area contributed by atoms with Gasteiger partial charge in [0, 0.05) is 43.2 Å². The van der Waals surface area contributed by atoms with E-state index in [9.17, 15) is 0 Å². The van der Waals surface area contributed by atoms with Crippen LogP contribution in [0.1, 0.15) is 19.1 Å². The molecule has 3 rings (SSSR count). The van der Waals surface area contributed by atoms with Crippen molar-refractivity contribution in [2.45, 2.75) is 24.7 Å². The van der Waals surface area contributed by atoms with Crippen molar-refractivity contribution in [2.24, 2.45) is 10.9 Å². The zero-order chi connectivity index (χ0) is 17.3. The van der Waals surface area contributed by atoms with Crippen molar-refractivity contribution >= 4 is 17.7 Å². The van der Waals surface area contributed by atoms with Gasteiger partial charge in [0.2, 0.25) is 0 Å². The van der Waals surface area contributed by atoms with Crippen molar-refractivity contribution in [3.8, 4) is 0 Å². The average Bonchev–Trinajstić information content (AvgIpc) is 3.32. The first-order chi connectivity index (χ1) is 12.3. The fourth-order valence-electron chi connectivity index (χ4n) is 3.04. The lowest BCUT2D eigenvalue weighted by atomic mass is 10.2. The fraction of sp³-hybridized carbons (Fsp3) is 0.450. The maximum absolute atomic E-state index is 5.39. The van der Waals surface area contributed by atoms with E-state index in [0.29, 0.717) is 0 Å². The number of nitrogens with zero attached hydrogens (tertiary/aromatic N) is 2. The molecule has 1 saturated heterocycles. The third kappa shape index (κ3) is 5.56. The standard InChI is InChI=1S/C20H27N3OS/c1-2-21-20(22-12-10-18-7-6-14-24-18)23-13-11-17(15-23)16-25-19-8-4-3-5-9-19/h3-9,14,17H,2,10-13,15-16H2,1H3,(H,21,22). The van der Waals surface area contributed by atoms with Gasteiger partial charge in [0.15, 0.2) is 5.96 Å². The second-order valence-electron chi connectivity index (χ2n) is 6.29. The van der Waals surface area contributed by atoms with Gasteiger partial charge in [0.25, 0.3) is 0 Å². The van der Waals surface area contributed by atoms with Gasteiger partial charge in [-0.3, -0.25) is 4.99 Å². The maximum Gasteiger partial charge on any atom is 0.193 e. The molecule has 2 aromatic rings. The third-order valence-electron chi connectivity index (χ3n) is 4.35. The average molecular weight is 358 g/mol. The maximum atomic E-state index is 5.39. The van der Waals surface area contributed by atoms with E-state index in [0.717, 1.165) is 50.2 Å². The van der Waals surface area contributed by atoms with Crippen LogP contribution in [0.25, 0.3) is 0 Å². The molecule has 0 spiro atoms. The number of thioether (sulfide) groups is 1. The van der Waals surface area contributed by atoms with E-state index in [1.165, 1.54) is 17.1 Å². The summed E-state index contributed by atoms with van der Waals surface area (Å²) in [6, 6.07) is 14.6. The summed E-state index contributed by atoms with van der Waals surface area (Å²) in [7, 11) is 0. The first kappa shape index (κ1) is 17.9. The molecule has 0 amide bonds. The number of aliphatic imine (C=N–C) groups is 1. The van der Waals surface area contributed by atoms with Crippen molar-refractivity contribution in [3.05, 3.63) is 54.5 Å². The molecule has 4 nitrogen and oxygen atoms in total. The molecule has 2 heterocycles. The molecule has 1 aromatic heterocycles. The normalized spacial score (nSPS) is 17.9. The highest BCUT2D eigenvalue weighted by molar-refractivity contribution is 7.99. The van der Waals surface area contributed by atoms with Crippen LogP contribution in [0.5, 0.6) is 0 Å². The van der Waals surface area contributed by atoms with Crippen LogP contribution in [0.15, 0.2) is 63.0 Å². The Balaban J connectivity index is 1.48. The number of guanidine groups is 1. The topological polar surface area (TPSA) is 40.8 Å². The second-order valence-corrected chi connectivity index (χ2v) is 7.38. The molecule has 134 valence electrons. The Morgan fingerprint density at radius 3 is 2.92 bits per heavy atom. The van der Waals surface area contributed by atoms with Crippen molar-refractivity contribution in [1.29, 1.82) is 0 Å². The molecular formula is C20H27N3OS. The van der Waals surface area contributed by atoms with E-state index >= 15 is 0 Å². The van der Waals surface area contributed by atoms with Crippen molar-refractivity contribution in [3.63, 3.8) is 0 Å². The van der Waals surface area contributed by atoms with Crippen LogP contribution in [-0.2, 0) is 6.42 Å². The Morgan fingerprint density at radius 1 is 1.28 bits per heavy atom. The third-order valence-corrected chi connectivity index (χ3v) is 5.59. The molecule has 5 heteroatoms. The summed E-state index contributed by atoms with van der Waals surface area (Å²) in [6.07, 6.45) is 3.81. The molecule has 1 aromatic carbocycles. The van der Waals surface area contributed by atoms with Crippen LogP contribution in [-0.4, -0.2) is 42.8 Å². The Morgan fingerprint density at radius 2 is 2.16 bits per heavy atom. The lowest BCUT2D eigenvalue weighted by molar-refractivity contribution is 0.472. The predicted molar refractivity (Wildman–Crippen MR) is 105 cm³/mol. The number of furan rings is 1. The summed E-state index contributed by atoms with van der Waals surface area (Å²) in [5.41, 5.74) is 0. The molecule has 1 unspecified atom stereocenters. The summed E-state index contributed by atoms with van der Waals surface area (Å²) in [5, 5.41) is 3.44. The van der Waals surface area contributed by atoms with Gasteiger partial charge in [-0.2, -0.15) is 0 Å². The molecule has 0 radical (unpaired) electrons. The van der Waals surface area contributed by atoms with Crippen molar-refractivity contribution < 1.29 is 4.42 Å². The molecule has 0 aliphatic carbocycles. The summed E-state index contributed by atoms with van der Waals surface area (Å²) < 4.78 is 5.39. The smallest absolute Gasteiger partial charge is 0.193 e. The predicted octanol–water partition coefficient (Wildman–Crippen LogP) is 3.90. The van der Waals surface area contributed by atoms with Crippen LogP contribution in [0.3, 0.4) is 0 Å². The van der Waals surface area contributed by atoms with Crippen LogP contribution < -0.4 is 5.32 Å². The first-order valence-electron chi connectivity index (χ1n) is 9.08. The van der Waals surface area contributed by atoms with E-state index in [4.69, 9.17) is 9.41 Å². The van der Waals surface area contributed by atoms with Gasteiger partial charge in [0.1, 0.15) is 5.76 Å². The van der Waals surface area contributed by atoms with Gasteiger partial charge >= 0.3 is 0 Å². The molecule has 1 fully saturated rings. The van der Waals surface area contributed by atoms with E-state index in [-0.39, 0.29) is 0 Å². The molecule has 1 aliphatic heterocycles. The Kier molecular flexibility index (Phi) is 6.86. The number of rotatable bonds is 7. The molecular weight excluding hydrogens is 330 g/mol. The first-order valence-corrected chi connectivity index (χ1v) is 10.1. The Hall–Kier alpha value is -1.88. The van der Waals surface area contributed by atoms with Crippen LogP contribution >= 0.6 is 11.8 Å². The number of likely N-dealkylation sites (tertiary alicyclic amines) is 1. The van der Waals surface area contributed by atoms with E-state index in [2.05, 4.69) is 47.5 Å². The highest BCUT2D eigenvalue weighted by Gasteiger charge is 2.24. The quantitative estimate of drug-likeness (QED) is 0.463. The highest BCUT2D eigenvalue weighted by Crippen LogP contribution is 2.25. The van der Waals surface area contributed by atoms with Gasteiger partial charge in [-0.1, -0.05) is 18.2 Å². The molecule has 1 atom stereocenters. The monoisotopic (exact) mass is 357 g/mol. The minimum absolute atomic E-state index is 0.721. The minimum atomic E-state index is 0.721. The molecule has 1 aliphatic rings. The van der Waals surface area contributed by atoms with E-state index in [1.807, 2.05) is 23.9 Å². The van der Waals surface area contributed by atoms with Gasteiger partial charge < -0.3 is 14.6 Å². The number of hydrogen-bond donors (Lipinski definition) is 1. The number of benzene rings is 1. The van der Waals surface area contributed by atoms with Gasteiger partial charge in [-0.25, -0.2) is 0 Å². The van der Waals surface area contributed by atoms with Crippen LogP contribution in [0, 0.1) is 5.92 Å². The highest BCUT2D eigenvalue weighted by atomic mass is 32.2. The molecule has 0 bridgehead atoms. The summed E-state index contributed by atoms with van der Waals surface area (Å²) in [4.78, 5) is 8.55. The molecule has 1 N–H and O–H groups in total. The SMILES string of the molecule is CCNC(=NCCc1ccco1)N1CCC(CSc2ccccc2)C1. The zero-order valence-electron chi connectivity index (χ0n) is 14.9. The molecule has 25 heavy (non-hydrogen) atoms. The van der Waals surface area contributed by atoms with Gasteiger partial charge in [0.05, 0.1) is 6.26 Å². The fourth-order valence-corrected chi connectivity index (χ4v) is 4.09. The van der Waals surface area contributed by atoms with E-state index < -0.39 is 0 Å². The van der Waals surface area contributed by atoms with E-state index in [1.54, 1.807) is 6.26 Å². The Labute approximate surface area is 154 Å². The van der Waals surface area contributed by atoms with Gasteiger partial charge in [-0.05, 0) is 43.5 Å². The second kappa shape index (κ2) is 9.56. The van der Waals surface area contributed by atoms with Gasteiger partial charge in [-0.15, -0.1) is 11.8 Å².